The summed E-state index contributed by atoms with van der Waals surface area (Å²) in [6.07, 6.45) is 3.09. The number of carbonyl (C=O) groups excluding carboxylic acids is 2. The van der Waals surface area contributed by atoms with Crippen LogP contribution in [0.2, 0.25) is 5.02 Å². The Bertz CT molecular complexity index is 2460. The molecule has 17 heteroatoms. The molecule has 1 heterocycles. The maximum absolute atomic E-state index is 13.5. The van der Waals surface area contributed by atoms with Gasteiger partial charge in [0.1, 0.15) is 5.69 Å². The van der Waals surface area contributed by atoms with Crippen LogP contribution in [0.4, 0.5) is 17.1 Å². The fraction of sp³-hybridized carbons (Fsp3) is 0.319. The van der Waals surface area contributed by atoms with E-state index in [4.69, 9.17) is 16.8 Å². The summed E-state index contributed by atoms with van der Waals surface area (Å²) in [6.45, 7) is 6.65. The van der Waals surface area contributed by atoms with Gasteiger partial charge in [0, 0.05) is 72.4 Å². The van der Waals surface area contributed by atoms with E-state index in [1.807, 2.05) is 74.6 Å². The van der Waals surface area contributed by atoms with Crippen LogP contribution in [0, 0.1) is 10.1 Å². The van der Waals surface area contributed by atoms with Crippen LogP contribution < -0.4 is 20.4 Å². The van der Waals surface area contributed by atoms with Gasteiger partial charge in [-0.3, -0.25) is 34.7 Å². The Morgan fingerprint density at radius 3 is 2.27 bits per heavy atom. The largest absolute Gasteiger partial charge is 0.377 e. The number of anilines is 2. The number of carbonyl (C=O) groups is 2. The minimum atomic E-state index is -4.48. The highest BCUT2D eigenvalue weighted by Crippen LogP contribution is 2.33. The van der Waals surface area contributed by atoms with Gasteiger partial charge in [-0.05, 0) is 117 Å². The molecule has 2 atom stereocenters. The van der Waals surface area contributed by atoms with E-state index in [1.54, 1.807) is 41.5 Å². The van der Waals surface area contributed by atoms with Crippen LogP contribution in [0.1, 0.15) is 54.9 Å². The van der Waals surface area contributed by atoms with E-state index >= 15 is 0 Å². The standard InChI is InChI=1S/C47H54ClN7O7S2/c1-34(31-46(63-40-12-5-3-6-13-40)52(2)26-10-4-7-15-45(56)50-58)49-43-25-24-41(32-44(43)55(59)60)64(61,62)51-47(57)36-18-22-39(23-19-36)54-29-27-53(28-30-54)33-37-11-8-9-14-42(37)35-16-20-38(48)21-17-35/h3,5-6,8-9,11-14,16-25,32,34,46,49,58H,4,7,10,15,26-31,33H2,1-2H3,(H,50,56)(H,51,57). The highest BCUT2D eigenvalue weighted by atomic mass is 35.5. The van der Waals surface area contributed by atoms with Crippen LogP contribution in [0.25, 0.3) is 11.1 Å². The zero-order chi connectivity index (χ0) is 45.6. The monoisotopic (exact) mass is 927 g/mol. The van der Waals surface area contributed by atoms with Crippen LogP contribution in [-0.2, 0) is 21.4 Å². The Kier molecular flexibility index (Phi) is 17.2. The Labute approximate surface area is 384 Å². The third-order valence-corrected chi connectivity index (χ3v) is 14.1. The Morgan fingerprint density at radius 1 is 0.891 bits per heavy atom. The average molecular weight is 929 g/mol. The fourth-order valence-electron chi connectivity index (χ4n) is 7.61. The Hall–Kier alpha value is -5.49. The lowest BCUT2D eigenvalue weighted by Gasteiger charge is -2.36. The fourth-order valence-corrected chi connectivity index (χ4v) is 10.0. The topological polar surface area (TPSA) is 177 Å². The van der Waals surface area contributed by atoms with Crippen molar-refractivity contribution in [3.8, 4) is 11.1 Å². The first-order chi connectivity index (χ1) is 30.8. The van der Waals surface area contributed by atoms with Crippen molar-refractivity contribution in [2.45, 2.75) is 66.8 Å². The summed E-state index contributed by atoms with van der Waals surface area (Å²) in [4.78, 5) is 43.8. The Balaban J connectivity index is 1.03. The number of sulfonamides is 1. The van der Waals surface area contributed by atoms with Crippen LogP contribution in [0.5, 0.6) is 0 Å². The van der Waals surface area contributed by atoms with Crippen molar-refractivity contribution in [2.75, 3.05) is 50.0 Å². The number of nitro benzene ring substituents is 1. The SMILES string of the molecule is CC(CC(Sc1ccccc1)N(C)CCCCCC(=O)NO)Nc1ccc(S(=O)(=O)NC(=O)c2ccc(N3CCN(Cc4ccccc4-c4ccc(Cl)cc4)CC3)cc2)cc1[N+](=O)[O-]. The first kappa shape index (κ1) is 48.0. The lowest BCUT2D eigenvalue weighted by Crippen LogP contribution is -2.46. The van der Waals surface area contributed by atoms with Crippen molar-refractivity contribution in [2.24, 2.45) is 0 Å². The number of hydroxylamine groups is 1. The maximum Gasteiger partial charge on any atom is 0.293 e. The summed E-state index contributed by atoms with van der Waals surface area (Å²) >= 11 is 7.79. The molecule has 1 aliphatic heterocycles. The van der Waals surface area contributed by atoms with Gasteiger partial charge in [0.15, 0.2) is 0 Å². The highest BCUT2D eigenvalue weighted by Gasteiger charge is 2.27. The van der Waals surface area contributed by atoms with Crippen LogP contribution in [0.15, 0.2) is 131 Å². The predicted octanol–water partition coefficient (Wildman–Crippen LogP) is 8.66. The molecule has 0 saturated carbocycles. The number of hydrogen-bond donors (Lipinski definition) is 4. The molecule has 2 unspecified atom stereocenters. The number of unbranched alkanes of at least 4 members (excludes halogenated alkanes) is 2. The summed E-state index contributed by atoms with van der Waals surface area (Å²) in [7, 11) is -2.47. The second-order valence-corrected chi connectivity index (χ2v) is 19.2. The molecule has 14 nitrogen and oxygen atoms in total. The van der Waals surface area contributed by atoms with E-state index in [9.17, 15) is 28.1 Å². The third-order valence-electron chi connectivity index (χ3n) is 11.1. The molecule has 4 N–H and O–H groups in total. The van der Waals surface area contributed by atoms with Crippen molar-refractivity contribution >= 4 is 62.3 Å². The van der Waals surface area contributed by atoms with Gasteiger partial charge in [0.05, 0.1) is 15.2 Å². The molecule has 5 aromatic carbocycles. The minimum Gasteiger partial charge on any atom is -0.377 e. The molecule has 338 valence electrons. The number of nitrogens with one attached hydrogen (secondary N) is 3. The van der Waals surface area contributed by atoms with E-state index in [0.717, 1.165) is 74.3 Å². The number of nitro groups is 1. The zero-order valence-electron chi connectivity index (χ0n) is 35.9. The molecule has 1 aliphatic rings. The van der Waals surface area contributed by atoms with Crippen LogP contribution in [-0.4, -0.2) is 91.3 Å². The van der Waals surface area contributed by atoms with Gasteiger partial charge in [-0.25, -0.2) is 18.6 Å². The number of rotatable bonds is 21. The minimum absolute atomic E-state index is 0.0284. The van der Waals surface area contributed by atoms with E-state index in [-0.39, 0.29) is 29.1 Å². The molecule has 0 bridgehead atoms. The average Bonchev–Trinajstić information content (AvgIpc) is 3.29. The van der Waals surface area contributed by atoms with Crippen molar-refractivity contribution < 1.29 is 28.1 Å². The number of amides is 2. The number of hydrogen-bond acceptors (Lipinski definition) is 12. The molecule has 1 fully saturated rings. The number of thioether (sulfide) groups is 1. The van der Waals surface area contributed by atoms with E-state index in [0.29, 0.717) is 17.9 Å². The molecule has 0 aliphatic carbocycles. The molecule has 0 aromatic heterocycles. The summed E-state index contributed by atoms with van der Waals surface area (Å²) in [5, 5.41) is 24.9. The molecular formula is C47H54ClN7O7S2. The van der Waals surface area contributed by atoms with E-state index < -0.39 is 37.3 Å². The summed E-state index contributed by atoms with van der Waals surface area (Å²) in [6, 6.07) is 36.2. The molecule has 0 spiro atoms. The summed E-state index contributed by atoms with van der Waals surface area (Å²) in [5.74, 6) is -1.26. The quantitative estimate of drug-likeness (QED) is 0.0138. The molecule has 5 aromatic rings. The van der Waals surface area contributed by atoms with Gasteiger partial charge in [0.2, 0.25) is 5.91 Å². The number of benzene rings is 5. The number of nitrogens with zero attached hydrogens (tertiary/aromatic N) is 4. The van der Waals surface area contributed by atoms with Gasteiger partial charge in [-0.1, -0.05) is 72.6 Å². The van der Waals surface area contributed by atoms with Crippen molar-refractivity contribution in [1.29, 1.82) is 0 Å². The van der Waals surface area contributed by atoms with Gasteiger partial charge in [-0.15, -0.1) is 11.8 Å². The first-order valence-corrected chi connectivity index (χ1v) is 23.9. The first-order valence-electron chi connectivity index (χ1n) is 21.2. The molecule has 64 heavy (non-hydrogen) atoms. The smallest absolute Gasteiger partial charge is 0.293 e. The molecule has 2 amide bonds. The van der Waals surface area contributed by atoms with Crippen LogP contribution in [0.3, 0.4) is 0 Å². The normalized spacial score (nSPS) is 14.2. The maximum atomic E-state index is 13.5. The van der Waals surface area contributed by atoms with E-state index in [2.05, 4.69) is 42.9 Å². The summed E-state index contributed by atoms with van der Waals surface area (Å²) < 4.78 is 29.0. The predicted molar refractivity (Wildman–Crippen MR) is 253 cm³/mol. The highest BCUT2D eigenvalue weighted by molar-refractivity contribution is 7.99. The van der Waals surface area contributed by atoms with E-state index in [1.165, 1.54) is 23.3 Å². The lowest BCUT2D eigenvalue weighted by molar-refractivity contribution is -0.384. The second-order valence-electron chi connectivity index (χ2n) is 15.8. The van der Waals surface area contributed by atoms with Gasteiger partial charge < -0.3 is 10.2 Å². The van der Waals surface area contributed by atoms with Gasteiger partial charge in [0.25, 0.3) is 21.6 Å². The summed E-state index contributed by atoms with van der Waals surface area (Å²) in [5.41, 5.74) is 5.93. The van der Waals surface area contributed by atoms with Gasteiger partial charge >= 0.3 is 0 Å². The van der Waals surface area contributed by atoms with Crippen molar-refractivity contribution in [1.82, 2.24) is 20.0 Å². The Morgan fingerprint density at radius 2 is 1.58 bits per heavy atom. The van der Waals surface area contributed by atoms with Crippen molar-refractivity contribution in [3.05, 3.63) is 148 Å². The van der Waals surface area contributed by atoms with Crippen LogP contribution >= 0.6 is 23.4 Å². The number of piperazine rings is 1. The second kappa shape index (κ2) is 22.9. The van der Waals surface area contributed by atoms with Crippen molar-refractivity contribution in [3.63, 3.8) is 0 Å². The number of halogens is 1. The molecular weight excluding hydrogens is 874 g/mol. The zero-order valence-corrected chi connectivity index (χ0v) is 38.2. The molecule has 6 rings (SSSR count). The third kappa shape index (κ3) is 13.5. The van der Waals surface area contributed by atoms with Gasteiger partial charge in [-0.2, -0.15) is 0 Å². The lowest BCUT2D eigenvalue weighted by atomic mass is 9.99. The molecule has 0 radical (unpaired) electrons. The molecule has 1 saturated heterocycles.